The Hall–Kier alpha value is -0.570. The maximum atomic E-state index is 10.2. The molecule has 82 valence electrons. The van der Waals surface area contributed by atoms with Crippen LogP contribution in [0.25, 0.3) is 0 Å². The highest BCUT2D eigenvalue weighted by Gasteiger charge is 2.32. The van der Waals surface area contributed by atoms with Crippen molar-refractivity contribution in [2.45, 2.75) is 64.1 Å². The predicted octanol–water partition coefficient (Wildman–Crippen LogP) is 2.59. The third kappa shape index (κ3) is 5.22. The highest BCUT2D eigenvalue weighted by molar-refractivity contribution is 5.66. The van der Waals surface area contributed by atoms with E-state index in [1.165, 1.54) is 19.3 Å². The van der Waals surface area contributed by atoms with Crippen molar-refractivity contribution in [1.29, 1.82) is 0 Å². The lowest BCUT2D eigenvalue weighted by atomic mass is 10.1. The van der Waals surface area contributed by atoms with Gasteiger partial charge < -0.3 is 9.84 Å². The third-order valence-corrected chi connectivity index (χ3v) is 2.72. The summed E-state index contributed by atoms with van der Waals surface area (Å²) in [6, 6.07) is 0. The van der Waals surface area contributed by atoms with Crippen LogP contribution in [0.3, 0.4) is 0 Å². The number of ether oxygens (including phenoxy) is 1. The standard InChI is InChI=1S/C11H20O3/c1-9-10(14-9)7-5-3-2-4-6-8-11(12)13/h9-10H,2-8H2,1H3,(H,12,13). The highest BCUT2D eigenvalue weighted by atomic mass is 16.6. The minimum Gasteiger partial charge on any atom is -0.481 e. The molecule has 0 aliphatic carbocycles. The van der Waals surface area contributed by atoms with E-state index in [-0.39, 0.29) is 0 Å². The van der Waals surface area contributed by atoms with Crippen LogP contribution in [0.15, 0.2) is 0 Å². The summed E-state index contributed by atoms with van der Waals surface area (Å²) < 4.78 is 5.30. The number of hydrogen-bond acceptors (Lipinski definition) is 2. The molecule has 0 aromatic carbocycles. The number of aliphatic carboxylic acids is 1. The van der Waals surface area contributed by atoms with Crippen molar-refractivity contribution >= 4 is 5.97 Å². The van der Waals surface area contributed by atoms with Crippen LogP contribution in [-0.2, 0) is 9.53 Å². The Labute approximate surface area is 85.5 Å². The fourth-order valence-corrected chi connectivity index (χ4v) is 1.69. The monoisotopic (exact) mass is 200 g/mol. The Morgan fingerprint density at radius 2 is 1.79 bits per heavy atom. The number of unbranched alkanes of at least 4 members (excludes halogenated alkanes) is 4. The molecule has 0 aromatic rings. The Kier molecular flexibility index (Phi) is 4.94. The number of carboxylic acids is 1. The van der Waals surface area contributed by atoms with Gasteiger partial charge in [0.2, 0.25) is 0 Å². The maximum absolute atomic E-state index is 10.2. The molecule has 14 heavy (non-hydrogen) atoms. The van der Waals surface area contributed by atoms with E-state index in [4.69, 9.17) is 9.84 Å². The van der Waals surface area contributed by atoms with Gasteiger partial charge in [0.1, 0.15) is 0 Å². The summed E-state index contributed by atoms with van der Waals surface area (Å²) in [5.41, 5.74) is 0. The number of hydrogen-bond donors (Lipinski definition) is 1. The quantitative estimate of drug-likeness (QED) is 0.484. The lowest BCUT2D eigenvalue weighted by molar-refractivity contribution is -0.137. The number of rotatable bonds is 8. The molecule has 1 saturated heterocycles. The first-order valence-corrected chi connectivity index (χ1v) is 5.57. The molecule has 0 aromatic heterocycles. The fraction of sp³-hybridized carbons (Fsp3) is 0.909. The first-order chi connectivity index (χ1) is 6.70. The predicted molar refractivity (Wildman–Crippen MR) is 54.3 cm³/mol. The molecule has 1 heterocycles. The second-order valence-corrected chi connectivity index (χ2v) is 4.08. The Bertz CT molecular complexity index is 179. The molecule has 1 fully saturated rings. The van der Waals surface area contributed by atoms with Gasteiger partial charge >= 0.3 is 5.97 Å². The summed E-state index contributed by atoms with van der Waals surface area (Å²) >= 11 is 0. The molecule has 0 radical (unpaired) electrons. The number of carboxylic acid groups (broad SMARTS) is 1. The van der Waals surface area contributed by atoms with E-state index in [9.17, 15) is 4.79 Å². The van der Waals surface area contributed by atoms with Gasteiger partial charge in [-0.3, -0.25) is 4.79 Å². The zero-order valence-corrected chi connectivity index (χ0v) is 8.87. The van der Waals surface area contributed by atoms with Gasteiger partial charge in [-0.25, -0.2) is 0 Å². The SMILES string of the molecule is CC1OC1CCCCCCCC(=O)O. The number of epoxide rings is 1. The van der Waals surface area contributed by atoms with Crippen LogP contribution in [0.5, 0.6) is 0 Å². The molecule has 0 spiro atoms. The van der Waals surface area contributed by atoms with Gasteiger partial charge in [-0.2, -0.15) is 0 Å². The van der Waals surface area contributed by atoms with Crippen LogP contribution in [0.2, 0.25) is 0 Å². The van der Waals surface area contributed by atoms with E-state index in [0.29, 0.717) is 18.6 Å². The van der Waals surface area contributed by atoms with Gasteiger partial charge in [-0.05, 0) is 19.8 Å². The largest absolute Gasteiger partial charge is 0.481 e. The van der Waals surface area contributed by atoms with Crippen LogP contribution >= 0.6 is 0 Å². The molecule has 1 aliphatic rings. The average Bonchev–Trinajstić information content (AvgIpc) is 2.80. The van der Waals surface area contributed by atoms with Crippen LogP contribution in [0.1, 0.15) is 51.9 Å². The zero-order valence-electron chi connectivity index (χ0n) is 8.87. The van der Waals surface area contributed by atoms with Crippen molar-refractivity contribution in [1.82, 2.24) is 0 Å². The molecule has 2 atom stereocenters. The van der Waals surface area contributed by atoms with E-state index >= 15 is 0 Å². The Morgan fingerprint density at radius 3 is 2.36 bits per heavy atom. The molecule has 0 saturated carbocycles. The highest BCUT2D eigenvalue weighted by Crippen LogP contribution is 2.26. The third-order valence-electron chi connectivity index (χ3n) is 2.72. The summed E-state index contributed by atoms with van der Waals surface area (Å²) in [7, 11) is 0. The van der Waals surface area contributed by atoms with Crippen LogP contribution in [-0.4, -0.2) is 23.3 Å². The van der Waals surface area contributed by atoms with Gasteiger partial charge in [0.05, 0.1) is 12.2 Å². The molecule has 0 amide bonds. The second-order valence-electron chi connectivity index (χ2n) is 4.08. The molecule has 1 aliphatic heterocycles. The molecule has 0 bridgehead atoms. The van der Waals surface area contributed by atoms with Crippen LogP contribution < -0.4 is 0 Å². The van der Waals surface area contributed by atoms with Crippen molar-refractivity contribution in [3.63, 3.8) is 0 Å². The first kappa shape index (κ1) is 11.5. The summed E-state index contributed by atoms with van der Waals surface area (Å²) in [6.07, 6.45) is 7.99. The van der Waals surface area contributed by atoms with E-state index in [2.05, 4.69) is 6.92 Å². The van der Waals surface area contributed by atoms with Crippen molar-refractivity contribution in [2.24, 2.45) is 0 Å². The minimum atomic E-state index is -0.676. The first-order valence-electron chi connectivity index (χ1n) is 5.57. The van der Waals surface area contributed by atoms with Gasteiger partial charge in [0.15, 0.2) is 0 Å². The van der Waals surface area contributed by atoms with E-state index < -0.39 is 5.97 Å². The lowest BCUT2D eigenvalue weighted by Crippen LogP contribution is -1.94. The van der Waals surface area contributed by atoms with E-state index in [1.54, 1.807) is 0 Å². The van der Waals surface area contributed by atoms with Crippen molar-refractivity contribution < 1.29 is 14.6 Å². The summed E-state index contributed by atoms with van der Waals surface area (Å²) in [5, 5.41) is 8.41. The normalized spacial score (nSPS) is 24.9. The fourth-order valence-electron chi connectivity index (χ4n) is 1.69. The van der Waals surface area contributed by atoms with Gasteiger partial charge in [-0.15, -0.1) is 0 Å². The van der Waals surface area contributed by atoms with Crippen molar-refractivity contribution in [2.75, 3.05) is 0 Å². The maximum Gasteiger partial charge on any atom is 0.303 e. The summed E-state index contributed by atoms with van der Waals surface area (Å²) in [4.78, 5) is 10.2. The van der Waals surface area contributed by atoms with Crippen LogP contribution in [0.4, 0.5) is 0 Å². The average molecular weight is 200 g/mol. The van der Waals surface area contributed by atoms with E-state index in [1.807, 2.05) is 0 Å². The minimum absolute atomic E-state index is 0.322. The van der Waals surface area contributed by atoms with Gasteiger partial charge in [0.25, 0.3) is 0 Å². The molecule has 2 unspecified atom stereocenters. The molecule has 3 nitrogen and oxygen atoms in total. The molecule has 1 rings (SSSR count). The molecular formula is C11H20O3. The van der Waals surface area contributed by atoms with Gasteiger partial charge in [0, 0.05) is 6.42 Å². The topological polar surface area (TPSA) is 49.8 Å². The van der Waals surface area contributed by atoms with Gasteiger partial charge in [-0.1, -0.05) is 25.7 Å². The Balaban J connectivity index is 1.74. The second kappa shape index (κ2) is 6.02. The molecule has 1 N–H and O–H groups in total. The van der Waals surface area contributed by atoms with E-state index in [0.717, 1.165) is 19.3 Å². The van der Waals surface area contributed by atoms with Crippen molar-refractivity contribution in [3.8, 4) is 0 Å². The smallest absolute Gasteiger partial charge is 0.303 e. The molecular weight excluding hydrogens is 180 g/mol. The zero-order chi connectivity index (χ0) is 10.4. The molecule has 3 heteroatoms. The Morgan fingerprint density at radius 1 is 1.21 bits per heavy atom. The summed E-state index contributed by atoms with van der Waals surface area (Å²) in [5.74, 6) is -0.676. The van der Waals surface area contributed by atoms with Crippen LogP contribution in [0, 0.1) is 0 Å². The summed E-state index contributed by atoms with van der Waals surface area (Å²) in [6.45, 7) is 2.11. The lowest BCUT2D eigenvalue weighted by Gasteiger charge is -1.98. The number of carbonyl (C=O) groups is 1. The van der Waals surface area contributed by atoms with Crippen molar-refractivity contribution in [3.05, 3.63) is 0 Å².